The van der Waals surface area contributed by atoms with Gasteiger partial charge in [-0.2, -0.15) is 0 Å². The smallest absolute Gasteiger partial charge is 0.242 e. The van der Waals surface area contributed by atoms with Crippen LogP contribution < -0.4 is 10.5 Å². The van der Waals surface area contributed by atoms with Crippen LogP contribution in [0, 0.1) is 12.3 Å². The fourth-order valence-corrected chi connectivity index (χ4v) is 2.29. The van der Waals surface area contributed by atoms with Gasteiger partial charge in [0.1, 0.15) is 10.7 Å². The van der Waals surface area contributed by atoms with Gasteiger partial charge in [0.2, 0.25) is 10.0 Å². The monoisotopic (exact) mass is 239 g/mol. The summed E-state index contributed by atoms with van der Waals surface area (Å²) >= 11 is 0. The molecule has 0 aromatic carbocycles. The third-order valence-corrected chi connectivity index (χ3v) is 3.42. The second-order valence-corrected chi connectivity index (χ2v) is 5.06. The standard InChI is InChI=1S/C10H13N3O2S/c1-3-4-8(2)13-16(14,15)9-5-6-10(11)12-7-9/h1,5-8,13H,4H2,2H3,(H2,11,12). The van der Waals surface area contributed by atoms with E-state index in [1.807, 2.05) is 0 Å². The number of nitrogens with two attached hydrogens (primary N) is 1. The molecule has 5 nitrogen and oxygen atoms in total. The minimum atomic E-state index is -3.56. The Hall–Kier alpha value is -1.58. The summed E-state index contributed by atoms with van der Waals surface area (Å²) in [5.41, 5.74) is 5.37. The van der Waals surface area contributed by atoms with E-state index in [1.54, 1.807) is 6.92 Å². The van der Waals surface area contributed by atoms with Gasteiger partial charge < -0.3 is 5.73 Å². The molecule has 86 valence electrons. The Labute approximate surface area is 95.1 Å². The largest absolute Gasteiger partial charge is 0.384 e. The molecule has 0 aliphatic rings. The highest BCUT2D eigenvalue weighted by Crippen LogP contribution is 2.09. The first-order valence-electron chi connectivity index (χ1n) is 4.63. The summed E-state index contributed by atoms with van der Waals surface area (Å²) in [6, 6.07) is 2.51. The molecule has 1 atom stereocenters. The van der Waals surface area contributed by atoms with Crippen molar-refractivity contribution in [2.45, 2.75) is 24.3 Å². The number of anilines is 1. The number of pyridine rings is 1. The number of hydrogen-bond donors (Lipinski definition) is 2. The second-order valence-electron chi connectivity index (χ2n) is 3.35. The fourth-order valence-electron chi connectivity index (χ4n) is 1.10. The maximum atomic E-state index is 11.8. The SMILES string of the molecule is C#CCC(C)NS(=O)(=O)c1ccc(N)nc1. The van der Waals surface area contributed by atoms with E-state index < -0.39 is 10.0 Å². The van der Waals surface area contributed by atoms with Gasteiger partial charge in [0, 0.05) is 18.7 Å². The molecular weight excluding hydrogens is 226 g/mol. The molecule has 0 aliphatic heterocycles. The summed E-state index contributed by atoms with van der Waals surface area (Å²) in [4.78, 5) is 3.79. The predicted molar refractivity (Wildman–Crippen MR) is 61.9 cm³/mol. The number of hydrogen-bond acceptors (Lipinski definition) is 4. The zero-order valence-corrected chi connectivity index (χ0v) is 9.66. The minimum Gasteiger partial charge on any atom is -0.384 e. The van der Waals surface area contributed by atoms with Crippen LogP contribution in [0.15, 0.2) is 23.2 Å². The Morgan fingerprint density at radius 2 is 2.31 bits per heavy atom. The number of nitrogen functional groups attached to an aromatic ring is 1. The van der Waals surface area contributed by atoms with Gasteiger partial charge in [-0.3, -0.25) is 0 Å². The van der Waals surface area contributed by atoms with Gasteiger partial charge in [-0.15, -0.1) is 12.3 Å². The van der Waals surface area contributed by atoms with Gasteiger partial charge in [0.25, 0.3) is 0 Å². The summed E-state index contributed by atoms with van der Waals surface area (Å²) in [5.74, 6) is 2.66. The number of rotatable bonds is 4. The zero-order valence-electron chi connectivity index (χ0n) is 8.84. The molecule has 0 aliphatic carbocycles. The molecule has 0 bridgehead atoms. The first kappa shape index (κ1) is 12.5. The molecule has 1 aromatic heterocycles. The summed E-state index contributed by atoms with van der Waals surface area (Å²) in [5, 5.41) is 0. The third-order valence-electron chi connectivity index (χ3n) is 1.85. The molecule has 0 radical (unpaired) electrons. The van der Waals surface area contributed by atoms with Crippen LogP contribution in [0.4, 0.5) is 5.82 Å². The average molecular weight is 239 g/mol. The molecule has 1 heterocycles. The fraction of sp³-hybridized carbons (Fsp3) is 0.300. The van der Waals surface area contributed by atoms with Crippen molar-refractivity contribution in [2.75, 3.05) is 5.73 Å². The molecule has 0 spiro atoms. The van der Waals surface area contributed by atoms with Crippen molar-refractivity contribution in [1.29, 1.82) is 0 Å². The topological polar surface area (TPSA) is 85.1 Å². The lowest BCUT2D eigenvalue weighted by atomic mass is 10.3. The van der Waals surface area contributed by atoms with E-state index in [4.69, 9.17) is 12.2 Å². The van der Waals surface area contributed by atoms with Crippen LogP contribution in [0.5, 0.6) is 0 Å². The lowest BCUT2D eigenvalue weighted by Gasteiger charge is -2.11. The first-order valence-corrected chi connectivity index (χ1v) is 6.11. The lowest BCUT2D eigenvalue weighted by molar-refractivity contribution is 0.563. The Kier molecular flexibility index (Phi) is 3.88. The van der Waals surface area contributed by atoms with E-state index >= 15 is 0 Å². The average Bonchev–Trinajstić information content (AvgIpc) is 2.17. The Morgan fingerprint density at radius 1 is 1.62 bits per heavy atom. The third kappa shape index (κ3) is 3.22. The molecular formula is C10H13N3O2S. The van der Waals surface area contributed by atoms with E-state index in [-0.39, 0.29) is 16.8 Å². The molecule has 0 saturated heterocycles. The maximum absolute atomic E-state index is 11.8. The Morgan fingerprint density at radius 3 is 2.81 bits per heavy atom. The van der Waals surface area contributed by atoms with E-state index in [9.17, 15) is 8.42 Å². The second kappa shape index (κ2) is 4.96. The van der Waals surface area contributed by atoms with Crippen molar-refractivity contribution in [2.24, 2.45) is 0 Å². The maximum Gasteiger partial charge on any atom is 0.242 e. The van der Waals surface area contributed by atoms with Crippen LogP contribution in [0.1, 0.15) is 13.3 Å². The molecule has 1 aromatic rings. The molecule has 1 rings (SSSR count). The van der Waals surface area contributed by atoms with Crippen molar-refractivity contribution in [1.82, 2.24) is 9.71 Å². The van der Waals surface area contributed by atoms with Crippen molar-refractivity contribution < 1.29 is 8.42 Å². The molecule has 0 saturated carbocycles. The van der Waals surface area contributed by atoms with Crippen LogP contribution in [-0.2, 0) is 10.0 Å². The van der Waals surface area contributed by atoms with Crippen molar-refractivity contribution >= 4 is 15.8 Å². The van der Waals surface area contributed by atoms with Gasteiger partial charge >= 0.3 is 0 Å². The molecule has 16 heavy (non-hydrogen) atoms. The highest BCUT2D eigenvalue weighted by Gasteiger charge is 2.16. The van der Waals surface area contributed by atoms with Gasteiger partial charge in [0.05, 0.1) is 0 Å². The summed E-state index contributed by atoms with van der Waals surface area (Å²) < 4.78 is 26.0. The van der Waals surface area contributed by atoms with Gasteiger partial charge in [-0.1, -0.05) is 0 Å². The normalized spacial score (nSPS) is 13.0. The summed E-state index contributed by atoms with van der Waals surface area (Å²) in [6.45, 7) is 1.70. The number of sulfonamides is 1. The number of nitrogens with one attached hydrogen (secondary N) is 1. The molecule has 6 heteroatoms. The number of nitrogens with zero attached hydrogens (tertiary/aromatic N) is 1. The summed E-state index contributed by atoms with van der Waals surface area (Å²) in [7, 11) is -3.56. The van der Waals surface area contributed by atoms with Crippen molar-refractivity contribution in [3.8, 4) is 12.3 Å². The first-order chi connectivity index (χ1) is 7.45. The van der Waals surface area contributed by atoms with E-state index in [2.05, 4.69) is 15.6 Å². The molecule has 1 unspecified atom stereocenters. The summed E-state index contributed by atoms with van der Waals surface area (Å²) in [6.07, 6.45) is 6.64. The van der Waals surface area contributed by atoms with E-state index in [1.165, 1.54) is 18.3 Å². The molecule has 0 amide bonds. The molecule has 3 N–H and O–H groups in total. The van der Waals surface area contributed by atoms with Crippen LogP contribution >= 0.6 is 0 Å². The van der Waals surface area contributed by atoms with Crippen LogP contribution in [0.2, 0.25) is 0 Å². The highest BCUT2D eigenvalue weighted by atomic mass is 32.2. The quantitative estimate of drug-likeness (QED) is 0.743. The van der Waals surface area contributed by atoms with Gasteiger partial charge in [-0.25, -0.2) is 18.1 Å². The van der Waals surface area contributed by atoms with Gasteiger partial charge in [-0.05, 0) is 19.1 Å². The molecule has 0 fully saturated rings. The number of terminal acetylenes is 1. The lowest BCUT2D eigenvalue weighted by Crippen LogP contribution is -2.32. The van der Waals surface area contributed by atoms with Crippen LogP contribution in [-0.4, -0.2) is 19.4 Å². The predicted octanol–water partition coefficient (Wildman–Crippen LogP) is 0.354. The minimum absolute atomic E-state index is 0.0746. The Balaban J connectivity index is 2.87. The van der Waals surface area contributed by atoms with Crippen LogP contribution in [0.3, 0.4) is 0 Å². The number of aromatic nitrogens is 1. The van der Waals surface area contributed by atoms with E-state index in [0.29, 0.717) is 6.42 Å². The van der Waals surface area contributed by atoms with Crippen molar-refractivity contribution in [3.63, 3.8) is 0 Å². The zero-order chi connectivity index (χ0) is 12.2. The highest BCUT2D eigenvalue weighted by molar-refractivity contribution is 7.89. The van der Waals surface area contributed by atoms with Gasteiger partial charge in [0.15, 0.2) is 0 Å². The van der Waals surface area contributed by atoms with Crippen molar-refractivity contribution in [3.05, 3.63) is 18.3 Å². The van der Waals surface area contributed by atoms with Crippen LogP contribution in [0.25, 0.3) is 0 Å². The Bertz CT molecular complexity index is 488. The van der Waals surface area contributed by atoms with E-state index in [0.717, 1.165) is 0 Å².